The molecule has 0 saturated heterocycles. The van der Waals surface area contributed by atoms with Gasteiger partial charge in [0.25, 0.3) is 0 Å². The number of benzene rings is 2. The molecule has 5 heteroatoms. The van der Waals surface area contributed by atoms with Crippen molar-refractivity contribution in [3.8, 4) is 0 Å². The molecule has 1 saturated carbocycles. The second-order valence-corrected chi connectivity index (χ2v) is 7.72. The molecule has 0 bridgehead atoms. The molecule has 1 aliphatic rings. The summed E-state index contributed by atoms with van der Waals surface area (Å²) in [5.41, 5.74) is 2.75. The van der Waals surface area contributed by atoms with Crippen molar-refractivity contribution in [1.29, 1.82) is 0 Å². The first-order valence-corrected chi connectivity index (χ1v) is 10.1. The summed E-state index contributed by atoms with van der Waals surface area (Å²) in [5.74, 6) is -0.321. The summed E-state index contributed by atoms with van der Waals surface area (Å²) in [7, 11) is 0. The zero-order valence-electron chi connectivity index (χ0n) is 16.0. The molecule has 5 nitrogen and oxygen atoms in total. The van der Waals surface area contributed by atoms with Crippen molar-refractivity contribution >= 4 is 17.0 Å². The second kappa shape index (κ2) is 8.05. The van der Waals surface area contributed by atoms with Gasteiger partial charge in [-0.05, 0) is 37.0 Å². The van der Waals surface area contributed by atoms with Gasteiger partial charge in [0.2, 0.25) is 5.91 Å². The van der Waals surface area contributed by atoms with Crippen molar-refractivity contribution < 1.29 is 9.21 Å². The summed E-state index contributed by atoms with van der Waals surface area (Å²) >= 11 is 0. The van der Waals surface area contributed by atoms with Crippen molar-refractivity contribution in [1.82, 2.24) is 9.88 Å². The maximum Gasteiger partial charge on any atom is 0.419 e. The van der Waals surface area contributed by atoms with Crippen LogP contribution in [0, 0.1) is 0 Å². The van der Waals surface area contributed by atoms with E-state index in [1.54, 1.807) is 10.6 Å². The van der Waals surface area contributed by atoms with Crippen molar-refractivity contribution in [3.63, 3.8) is 0 Å². The third-order valence-corrected chi connectivity index (χ3v) is 5.93. The lowest BCUT2D eigenvalue weighted by Gasteiger charge is -2.30. The number of hydrogen-bond donors (Lipinski definition) is 1. The van der Waals surface area contributed by atoms with Crippen LogP contribution in [0.25, 0.3) is 11.1 Å². The molecule has 0 spiro atoms. The largest absolute Gasteiger partial charge is 0.419 e. The van der Waals surface area contributed by atoms with E-state index in [1.165, 1.54) is 18.4 Å². The number of oxazole rings is 1. The Balaban J connectivity index is 1.33. The number of hydrogen-bond acceptors (Lipinski definition) is 3. The zero-order chi connectivity index (χ0) is 19.4. The van der Waals surface area contributed by atoms with Gasteiger partial charge in [-0.25, -0.2) is 4.79 Å². The van der Waals surface area contributed by atoms with Crippen LogP contribution in [0.3, 0.4) is 0 Å². The van der Waals surface area contributed by atoms with E-state index in [9.17, 15) is 9.59 Å². The molecule has 2 aromatic carbocycles. The standard InChI is InChI=1S/C23H26N2O3/c26-21(13-8-16-25-19-11-4-5-12-20(19)28-22(25)27)24-17-23(14-6-7-15-23)18-9-2-1-3-10-18/h1-5,9-12H,6-8,13-17H2,(H,24,26). The first-order chi connectivity index (χ1) is 13.7. The Labute approximate surface area is 164 Å². The summed E-state index contributed by atoms with van der Waals surface area (Å²) in [4.78, 5) is 24.4. The molecular formula is C23H26N2O3. The molecule has 1 aliphatic carbocycles. The summed E-state index contributed by atoms with van der Waals surface area (Å²) in [6.45, 7) is 1.16. The highest BCUT2D eigenvalue weighted by molar-refractivity contribution is 5.76. The van der Waals surface area contributed by atoms with Gasteiger partial charge in [-0.1, -0.05) is 55.3 Å². The minimum absolute atomic E-state index is 0.0445. The quantitative estimate of drug-likeness (QED) is 0.676. The molecule has 0 aliphatic heterocycles. The van der Waals surface area contributed by atoms with Gasteiger partial charge >= 0.3 is 5.76 Å². The van der Waals surface area contributed by atoms with Crippen molar-refractivity contribution in [2.75, 3.05) is 6.54 Å². The highest BCUT2D eigenvalue weighted by Crippen LogP contribution is 2.40. The smallest absolute Gasteiger partial charge is 0.408 e. The zero-order valence-corrected chi connectivity index (χ0v) is 16.0. The normalized spacial score (nSPS) is 15.7. The van der Waals surface area contributed by atoms with Gasteiger partial charge in [0, 0.05) is 24.9 Å². The Morgan fingerprint density at radius 2 is 1.75 bits per heavy atom. The lowest BCUT2D eigenvalue weighted by atomic mass is 9.79. The van der Waals surface area contributed by atoms with Crippen LogP contribution in [-0.2, 0) is 16.8 Å². The molecule has 0 radical (unpaired) electrons. The van der Waals surface area contributed by atoms with Crippen LogP contribution in [-0.4, -0.2) is 17.0 Å². The van der Waals surface area contributed by atoms with E-state index in [4.69, 9.17) is 4.42 Å². The van der Waals surface area contributed by atoms with E-state index in [1.807, 2.05) is 24.3 Å². The molecule has 4 rings (SSSR count). The van der Waals surface area contributed by atoms with Crippen LogP contribution in [0.4, 0.5) is 0 Å². The van der Waals surface area contributed by atoms with E-state index < -0.39 is 0 Å². The second-order valence-electron chi connectivity index (χ2n) is 7.72. The predicted octanol–water partition coefficient (Wildman–Crippen LogP) is 4.00. The topological polar surface area (TPSA) is 64.2 Å². The first-order valence-electron chi connectivity index (χ1n) is 10.1. The number of nitrogens with one attached hydrogen (secondary N) is 1. The van der Waals surface area contributed by atoms with Crippen LogP contribution in [0.15, 0.2) is 63.8 Å². The SMILES string of the molecule is O=C(CCCn1c(=O)oc2ccccc21)NCC1(c2ccccc2)CCCC1. The van der Waals surface area contributed by atoms with Gasteiger partial charge < -0.3 is 9.73 Å². The maximum atomic E-state index is 12.4. The Hall–Kier alpha value is -2.82. The third kappa shape index (κ3) is 3.75. The molecule has 1 amide bonds. The fourth-order valence-corrected chi connectivity index (χ4v) is 4.39. The summed E-state index contributed by atoms with van der Waals surface area (Å²) in [6.07, 6.45) is 5.66. The molecule has 3 aromatic rings. The van der Waals surface area contributed by atoms with Crippen molar-refractivity contribution in [3.05, 3.63) is 70.7 Å². The third-order valence-electron chi connectivity index (χ3n) is 5.93. The van der Waals surface area contributed by atoms with Crippen LogP contribution in [0.5, 0.6) is 0 Å². The lowest BCUT2D eigenvalue weighted by Crippen LogP contribution is -2.39. The predicted molar refractivity (Wildman–Crippen MR) is 109 cm³/mol. The number of fused-ring (bicyclic) bond motifs is 1. The Bertz CT molecular complexity index is 997. The number of aryl methyl sites for hydroxylation is 1. The molecule has 0 unspecified atom stereocenters. The fourth-order valence-electron chi connectivity index (χ4n) is 4.39. The van der Waals surface area contributed by atoms with Gasteiger partial charge in [0.1, 0.15) is 0 Å². The summed E-state index contributed by atoms with van der Waals surface area (Å²) < 4.78 is 6.84. The van der Waals surface area contributed by atoms with Crippen LogP contribution < -0.4 is 11.1 Å². The molecule has 1 aromatic heterocycles. The van der Waals surface area contributed by atoms with Gasteiger partial charge in [-0.2, -0.15) is 0 Å². The molecule has 28 heavy (non-hydrogen) atoms. The maximum absolute atomic E-state index is 12.4. The highest BCUT2D eigenvalue weighted by Gasteiger charge is 2.35. The average Bonchev–Trinajstić information content (AvgIpc) is 3.33. The average molecular weight is 378 g/mol. The number of rotatable bonds is 7. The van der Waals surface area contributed by atoms with Crippen LogP contribution in [0.1, 0.15) is 44.1 Å². The monoisotopic (exact) mass is 378 g/mol. The lowest BCUT2D eigenvalue weighted by molar-refractivity contribution is -0.121. The van der Waals surface area contributed by atoms with E-state index in [2.05, 4.69) is 29.6 Å². The van der Waals surface area contributed by atoms with Gasteiger partial charge in [-0.3, -0.25) is 9.36 Å². The molecule has 1 fully saturated rings. The number of aromatic nitrogens is 1. The van der Waals surface area contributed by atoms with Crippen molar-refractivity contribution in [2.45, 2.75) is 50.5 Å². The minimum atomic E-state index is -0.365. The number of carbonyl (C=O) groups excluding carboxylic acids is 1. The van der Waals surface area contributed by atoms with Crippen LogP contribution in [0.2, 0.25) is 0 Å². The molecular weight excluding hydrogens is 352 g/mol. The minimum Gasteiger partial charge on any atom is -0.408 e. The first kappa shape index (κ1) is 18.5. The number of para-hydroxylation sites is 2. The number of carbonyl (C=O) groups is 1. The van der Waals surface area contributed by atoms with E-state index in [0.29, 0.717) is 31.5 Å². The van der Waals surface area contributed by atoms with Gasteiger partial charge in [0.15, 0.2) is 5.58 Å². The Morgan fingerprint density at radius 3 is 2.54 bits per heavy atom. The molecule has 146 valence electrons. The van der Waals surface area contributed by atoms with E-state index in [0.717, 1.165) is 18.4 Å². The molecule has 0 atom stereocenters. The van der Waals surface area contributed by atoms with Gasteiger partial charge in [-0.15, -0.1) is 0 Å². The molecule has 1 N–H and O–H groups in total. The highest BCUT2D eigenvalue weighted by atomic mass is 16.4. The summed E-state index contributed by atoms with van der Waals surface area (Å²) in [5, 5.41) is 3.15. The van der Waals surface area contributed by atoms with E-state index in [-0.39, 0.29) is 17.1 Å². The number of nitrogens with zero attached hydrogens (tertiary/aromatic N) is 1. The fraction of sp³-hybridized carbons (Fsp3) is 0.391. The molecule has 1 heterocycles. The van der Waals surface area contributed by atoms with E-state index >= 15 is 0 Å². The summed E-state index contributed by atoms with van der Waals surface area (Å²) in [6, 6.07) is 17.9. The van der Waals surface area contributed by atoms with Crippen LogP contribution >= 0.6 is 0 Å². The van der Waals surface area contributed by atoms with Gasteiger partial charge in [0.05, 0.1) is 5.52 Å². The Kier molecular flexibility index (Phi) is 5.33. The Morgan fingerprint density at radius 1 is 1.04 bits per heavy atom. The van der Waals surface area contributed by atoms with Crippen molar-refractivity contribution in [2.24, 2.45) is 0 Å². The number of amides is 1.